The van der Waals surface area contributed by atoms with Crippen LogP contribution in [0.25, 0.3) is 9.88 Å². The number of rotatable bonds is 2. The lowest BCUT2D eigenvalue weighted by Crippen LogP contribution is -1.89. The minimum absolute atomic E-state index is 0.102. The summed E-state index contributed by atoms with van der Waals surface area (Å²) in [6.45, 7) is 5.54. The first-order valence-corrected chi connectivity index (χ1v) is 6.32. The molecule has 0 unspecified atom stereocenters. The highest BCUT2D eigenvalue weighted by atomic mass is 32.1. The molecule has 0 atom stereocenters. The number of nitrogens with zero attached hydrogens (tertiary/aromatic N) is 1. The first kappa shape index (κ1) is 10.5. The average molecular weight is 237 g/mol. The summed E-state index contributed by atoms with van der Waals surface area (Å²) in [6, 6.07) is 2.07. The van der Waals surface area contributed by atoms with E-state index in [2.05, 4.69) is 23.4 Å². The van der Waals surface area contributed by atoms with Crippen molar-refractivity contribution >= 4 is 28.5 Å². The summed E-state index contributed by atoms with van der Waals surface area (Å²) in [7, 11) is 0. The van der Waals surface area contributed by atoms with Gasteiger partial charge in [0.25, 0.3) is 0 Å². The summed E-state index contributed by atoms with van der Waals surface area (Å²) >= 11 is 3.16. The van der Waals surface area contributed by atoms with Crippen LogP contribution in [0.2, 0.25) is 0 Å². The molecule has 2 aromatic rings. The Bertz CT molecular complexity index is 510. The quantitative estimate of drug-likeness (QED) is 0.746. The second-order valence-corrected chi connectivity index (χ2v) is 5.34. The molecule has 15 heavy (non-hydrogen) atoms. The van der Waals surface area contributed by atoms with E-state index in [0.29, 0.717) is 0 Å². The number of ketones is 1. The Morgan fingerprint density at radius 3 is 2.60 bits per heavy atom. The molecule has 78 valence electrons. The topological polar surface area (TPSA) is 30.0 Å². The molecule has 2 heterocycles. The minimum atomic E-state index is 0.102. The van der Waals surface area contributed by atoms with Gasteiger partial charge in [-0.15, -0.1) is 22.7 Å². The van der Waals surface area contributed by atoms with E-state index in [4.69, 9.17) is 0 Å². The lowest BCUT2D eigenvalue weighted by Gasteiger charge is -1.91. The SMILES string of the molecule is CC(=O)c1sc(-c2sccc2C)nc1C. The number of carbonyl (C=O) groups excluding carboxylic acids is 1. The highest BCUT2D eigenvalue weighted by Gasteiger charge is 2.14. The monoisotopic (exact) mass is 237 g/mol. The van der Waals surface area contributed by atoms with E-state index in [-0.39, 0.29) is 5.78 Å². The van der Waals surface area contributed by atoms with Crippen molar-refractivity contribution in [3.8, 4) is 9.88 Å². The normalized spacial score (nSPS) is 10.6. The Morgan fingerprint density at radius 1 is 1.40 bits per heavy atom. The molecule has 0 spiro atoms. The van der Waals surface area contributed by atoms with Gasteiger partial charge in [-0.2, -0.15) is 0 Å². The average Bonchev–Trinajstić information content (AvgIpc) is 2.71. The van der Waals surface area contributed by atoms with Crippen molar-refractivity contribution in [1.29, 1.82) is 0 Å². The van der Waals surface area contributed by atoms with Crippen LogP contribution < -0.4 is 0 Å². The molecule has 2 nitrogen and oxygen atoms in total. The lowest BCUT2D eigenvalue weighted by molar-refractivity contribution is 0.102. The molecule has 2 rings (SSSR count). The third-order valence-corrected chi connectivity index (χ3v) is 4.60. The van der Waals surface area contributed by atoms with Gasteiger partial charge in [0.15, 0.2) is 5.78 Å². The summed E-state index contributed by atoms with van der Waals surface area (Å²) < 4.78 is 0. The first-order valence-electron chi connectivity index (χ1n) is 4.62. The van der Waals surface area contributed by atoms with Gasteiger partial charge in [0.1, 0.15) is 5.01 Å². The van der Waals surface area contributed by atoms with E-state index in [1.807, 2.05) is 6.92 Å². The first-order chi connectivity index (χ1) is 7.09. The maximum absolute atomic E-state index is 11.3. The third kappa shape index (κ3) is 1.87. The molecule has 0 saturated heterocycles. The fourth-order valence-electron chi connectivity index (χ4n) is 1.41. The minimum Gasteiger partial charge on any atom is -0.294 e. The molecule has 0 aromatic carbocycles. The molecular formula is C11H11NOS2. The van der Waals surface area contributed by atoms with Crippen molar-refractivity contribution < 1.29 is 4.79 Å². The van der Waals surface area contributed by atoms with Crippen LogP contribution in [0.1, 0.15) is 27.9 Å². The zero-order valence-electron chi connectivity index (χ0n) is 8.83. The second kappa shape index (κ2) is 3.87. The van der Waals surface area contributed by atoms with E-state index in [1.165, 1.54) is 21.8 Å². The van der Waals surface area contributed by atoms with Gasteiger partial charge in [-0.1, -0.05) is 0 Å². The Kier molecular flexibility index (Phi) is 2.71. The fourth-order valence-corrected chi connectivity index (χ4v) is 3.46. The molecule has 0 bridgehead atoms. The molecule has 0 saturated carbocycles. The molecule has 0 fully saturated rings. The van der Waals surface area contributed by atoms with Crippen LogP contribution in [0.15, 0.2) is 11.4 Å². The molecule has 0 aliphatic heterocycles. The molecule has 0 radical (unpaired) electrons. The van der Waals surface area contributed by atoms with Gasteiger partial charge in [-0.3, -0.25) is 4.79 Å². The van der Waals surface area contributed by atoms with E-state index >= 15 is 0 Å². The standard InChI is InChI=1S/C11H11NOS2/c1-6-4-5-14-9(6)11-12-7(2)10(15-11)8(3)13/h4-5H,1-3H3. The Balaban J connectivity index is 2.52. The van der Waals surface area contributed by atoms with Crippen molar-refractivity contribution in [2.75, 3.05) is 0 Å². The summed E-state index contributed by atoms with van der Waals surface area (Å²) in [4.78, 5) is 17.7. The van der Waals surface area contributed by atoms with Gasteiger partial charge < -0.3 is 0 Å². The molecule has 0 aliphatic rings. The number of aryl methyl sites for hydroxylation is 2. The zero-order chi connectivity index (χ0) is 11.0. The molecule has 0 aliphatic carbocycles. The van der Waals surface area contributed by atoms with Crippen molar-refractivity contribution in [2.45, 2.75) is 20.8 Å². The number of carbonyl (C=O) groups is 1. The zero-order valence-corrected chi connectivity index (χ0v) is 10.5. The van der Waals surface area contributed by atoms with Crippen LogP contribution in [0, 0.1) is 13.8 Å². The number of Topliss-reactive ketones (excluding diaryl/α,β-unsaturated/α-hetero) is 1. The van der Waals surface area contributed by atoms with Gasteiger partial charge in [0, 0.05) is 6.92 Å². The summed E-state index contributed by atoms with van der Waals surface area (Å²) in [5, 5.41) is 3.01. The molecule has 4 heteroatoms. The summed E-state index contributed by atoms with van der Waals surface area (Å²) in [5.74, 6) is 0.102. The number of thiazole rings is 1. The molecule has 0 amide bonds. The van der Waals surface area contributed by atoms with Crippen LogP contribution in [0.3, 0.4) is 0 Å². The predicted molar refractivity (Wildman–Crippen MR) is 64.9 cm³/mol. The molecule has 2 aromatic heterocycles. The summed E-state index contributed by atoms with van der Waals surface area (Å²) in [6.07, 6.45) is 0. The van der Waals surface area contributed by atoms with Gasteiger partial charge in [0.05, 0.1) is 15.4 Å². The van der Waals surface area contributed by atoms with Crippen LogP contribution in [0.4, 0.5) is 0 Å². The van der Waals surface area contributed by atoms with E-state index in [1.54, 1.807) is 18.3 Å². The van der Waals surface area contributed by atoms with Gasteiger partial charge in [-0.25, -0.2) is 4.98 Å². The van der Waals surface area contributed by atoms with Crippen LogP contribution >= 0.6 is 22.7 Å². The van der Waals surface area contributed by atoms with E-state index in [0.717, 1.165) is 15.6 Å². The van der Waals surface area contributed by atoms with Gasteiger partial charge in [0.2, 0.25) is 0 Å². The van der Waals surface area contributed by atoms with E-state index < -0.39 is 0 Å². The van der Waals surface area contributed by atoms with Crippen molar-refractivity contribution in [3.63, 3.8) is 0 Å². The van der Waals surface area contributed by atoms with Crippen LogP contribution in [0.5, 0.6) is 0 Å². The van der Waals surface area contributed by atoms with Crippen LogP contribution in [-0.2, 0) is 0 Å². The Hall–Kier alpha value is -1.00. The van der Waals surface area contributed by atoms with Crippen LogP contribution in [-0.4, -0.2) is 10.8 Å². The smallest absolute Gasteiger partial charge is 0.171 e. The highest BCUT2D eigenvalue weighted by molar-refractivity contribution is 7.22. The highest BCUT2D eigenvalue weighted by Crippen LogP contribution is 2.33. The largest absolute Gasteiger partial charge is 0.294 e. The maximum atomic E-state index is 11.3. The number of hydrogen-bond acceptors (Lipinski definition) is 4. The van der Waals surface area contributed by atoms with E-state index in [9.17, 15) is 4.79 Å². The molecule has 0 N–H and O–H groups in total. The lowest BCUT2D eigenvalue weighted by atomic mass is 10.3. The Labute approximate surface area is 96.6 Å². The summed E-state index contributed by atoms with van der Waals surface area (Å²) in [5.41, 5.74) is 2.07. The molecular weight excluding hydrogens is 226 g/mol. The number of thiophene rings is 1. The van der Waals surface area contributed by atoms with Crippen molar-refractivity contribution in [3.05, 3.63) is 27.6 Å². The fraction of sp³-hybridized carbons (Fsp3) is 0.273. The third-order valence-electron chi connectivity index (χ3n) is 2.17. The van der Waals surface area contributed by atoms with Crippen molar-refractivity contribution in [2.24, 2.45) is 0 Å². The van der Waals surface area contributed by atoms with Gasteiger partial charge in [-0.05, 0) is 30.9 Å². The van der Waals surface area contributed by atoms with Gasteiger partial charge >= 0.3 is 0 Å². The van der Waals surface area contributed by atoms with Crippen molar-refractivity contribution in [1.82, 2.24) is 4.98 Å². The second-order valence-electron chi connectivity index (χ2n) is 3.42. The number of aromatic nitrogens is 1. The number of hydrogen-bond donors (Lipinski definition) is 0. The predicted octanol–water partition coefficient (Wildman–Crippen LogP) is 3.69. The Morgan fingerprint density at radius 2 is 2.13 bits per heavy atom. The maximum Gasteiger partial charge on any atom is 0.171 e.